The van der Waals surface area contributed by atoms with E-state index in [0.717, 1.165) is 7.11 Å². The molecule has 0 heterocycles. The molecule has 100 valence electrons. The van der Waals surface area contributed by atoms with E-state index in [1.54, 1.807) is 0 Å². The maximum atomic E-state index is 11.9. The van der Waals surface area contributed by atoms with Crippen LogP contribution in [0.1, 0.15) is 0 Å². The minimum Gasteiger partial charge on any atom is -0.504 e. The van der Waals surface area contributed by atoms with Crippen molar-refractivity contribution in [2.75, 3.05) is 7.11 Å². The largest absolute Gasteiger partial charge is 0.504 e. The molecule has 17 heavy (non-hydrogen) atoms. The van der Waals surface area contributed by atoms with Gasteiger partial charge in [0.2, 0.25) is 0 Å². The number of carbonyl (C=O) groups excluding carboxylic acids is 1. The number of thioether (sulfide) groups is 2. The second-order valence-electron chi connectivity index (χ2n) is 2.40. The lowest BCUT2D eigenvalue weighted by atomic mass is 10.4. The van der Waals surface area contributed by atoms with Gasteiger partial charge in [0.15, 0.2) is 5.78 Å². The van der Waals surface area contributed by atoms with Gasteiger partial charge in [0, 0.05) is 6.08 Å². The molecular formula is C7H6F6O2S2. The summed E-state index contributed by atoms with van der Waals surface area (Å²) in [6.45, 7) is 0. The third-order valence-corrected chi connectivity index (χ3v) is 3.09. The number of rotatable bonds is 5. The average molecular weight is 300 g/mol. The van der Waals surface area contributed by atoms with Crippen molar-refractivity contribution in [2.24, 2.45) is 0 Å². The van der Waals surface area contributed by atoms with E-state index in [1.807, 2.05) is 0 Å². The van der Waals surface area contributed by atoms with Crippen molar-refractivity contribution in [1.29, 1.82) is 0 Å². The molecule has 0 aromatic carbocycles. The minimum absolute atomic E-state index is 0.516. The molecule has 0 saturated carbocycles. The first-order chi connectivity index (χ1) is 7.55. The van der Waals surface area contributed by atoms with Gasteiger partial charge in [0.25, 0.3) is 0 Å². The van der Waals surface area contributed by atoms with E-state index in [0.29, 0.717) is 12.3 Å². The van der Waals surface area contributed by atoms with Crippen LogP contribution in [0.5, 0.6) is 0 Å². The smallest absolute Gasteiger partial charge is 0.443 e. The van der Waals surface area contributed by atoms with E-state index in [-0.39, 0.29) is 0 Å². The summed E-state index contributed by atoms with van der Waals surface area (Å²) >= 11 is -2.05. The molecule has 0 aromatic rings. The van der Waals surface area contributed by atoms with Gasteiger partial charge < -0.3 is 4.74 Å². The van der Waals surface area contributed by atoms with Gasteiger partial charge in [0.05, 0.1) is 13.4 Å². The Bertz CT molecular complexity index is 269. The Kier molecular flexibility index (Phi) is 6.24. The molecule has 0 radical (unpaired) electrons. The van der Waals surface area contributed by atoms with Crippen molar-refractivity contribution in [3.63, 3.8) is 0 Å². The zero-order valence-electron chi connectivity index (χ0n) is 8.13. The third-order valence-electron chi connectivity index (χ3n) is 1.08. The number of hydrogen-bond donors (Lipinski definition) is 0. The van der Waals surface area contributed by atoms with E-state index in [2.05, 4.69) is 4.74 Å². The Labute approximate surface area is 101 Å². The van der Waals surface area contributed by atoms with E-state index in [4.69, 9.17) is 0 Å². The lowest BCUT2D eigenvalue weighted by Gasteiger charge is -2.16. The summed E-state index contributed by atoms with van der Waals surface area (Å²) in [5.74, 6) is -1.34. The second kappa shape index (κ2) is 6.43. The van der Waals surface area contributed by atoms with Crippen LogP contribution in [0.25, 0.3) is 0 Å². The van der Waals surface area contributed by atoms with Crippen molar-refractivity contribution < 1.29 is 35.9 Å². The van der Waals surface area contributed by atoms with Gasteiger partial charge in [0.1, 0.15) is 4.58 Å². The predicted octanol–water partition coefficient (Wildman–Crippen LogP) is 3.55. The van der Waals surface area contributed by atoms with Crippen LogP contribution in [0.3, 0.4) is 0 Å². The van der Waals surface area contributed by atoms with Gasteiger partial charge in [-0.1, -0.05) is 0 Å². The lowest BCUT2D eigenvalue weighted by Crippen LogP contribution is -2.21. The molecule has 0 aliphatic heterocycles. The Morgan fingerprint density at radius 3 is 1.82 bits per heavy atom. The fourth-order valence-electron chi connectivity index (χ4n) is 0.597. The molecule has 0 aliphatic rings. The van der Waals surface area contributed by atoms with Crippen molar-refractivity contribution >= 4 is 29.3 Å². The highest BCUT2D eigenvalue weighted by Crippen LogP contribution is 2.45. The molecule has 0 amide bonds. The van der Waals surface area contributed by atoms with Crippen LogP contribution in [0.4, 0.5) is 26.3 Å². The summed E-state index contributed by atoms with van der Waals surface area (Å²) < 4.78 is 73.5. The number of ether oxygens (including phenoxy) is 1. The molecule has 0 N–H and O–H groups in total. The molecule has 0 aliphatic carbocycles. The van der Waals surface area contributed by atoms with Gasteiger partial charge in [-0.3, -0.25) is 4.79 Å². The number of carbonyl (C=O) groups is 1. The van der Waals surface area contributed by atoms with Gasteiger partial charge in [-0.15, -0.1) is 0 Å². The highest BCUT2D eigenvalue weighted by Gasteiger charge is 2.42. The number of allylic oxidation sites excluding steroid dienone is 1. The van der Waals surface area contributed by atoms with Crippen molar-refractivity contribution in [3.05, 3.63) is 12.3 Å². The molecule has 0 fully saturated rings. The number of halogens is 6. The van der Waals surface area contributed by atoms with Gasteiger partial charge in [-0.05, 0) is 23.5 Å². The van der Waals surface area contributed by atoms with Gasteiger partial charge in [-0.2, -0.15) is 26.3 Å². The molecular weight excluding hydrogens is 294 g/mol. The van der Waals surface area contributed by atoms with Crippen LogP contribution < -0.4 is 0 Å². The molecule has 0 atom stereocenters. The van der Waals surface area contributed by atoms with Crippen molar-refractivity contribution in [1.82, 2.24) is 0 Å². The predicted molar refractivity (Wildman–Crippen MR) is 52.2 cm³/mol. The maximum Gasteiger partial charge on any atom is 0.443 e. The summed E-state index contributed by atoms with van der Waals surface area (Å²) in [4.78, 5) is 11.0. The zero-order valence-corrected chi connectivity index (χ0v) is 9.77. The molecule has 0 unspecified atom stereocenters. The fourth-order valence-corrected chi connectivity index (χ4v) is 2.32. The second-order valence-corrected chi connectivity index (χ2v) is 5.04. The van der Waals surface area contributed by atoms with Crippen LogP contribution in [-0.2, 0) is 9.53 Å². The summed E-state index contributed by atoms with van der Waals surface area (Å²) in [5.41, 5.74) is -9.86. The Morgan fingerprint density at radius 2 is 1.53 bits per heavy atom. The molecule has 0 bridgehead atoms. The third kappa shape index (κ3) is 9.22. The Balaban J connectivity index is 4.73. The van der Waals surface area contributed by atoms with E-state index in [9.17, 15) is 31.1 Å². The summed E-state index contributed by atoms with van der Waals surface area (Å²) in [5, 5.41) is 0. The van der Waals surface area contributed by atoms with Crippen molar-refractivity contribution in [3.8, 4) is 0 Å². The highest BCUT2D eigenvalue weighted by molar-refractivity contribution is 8.18. The fraction of sp³-hybridized carbons (Fsp3) is 0.571. The number of hydrogen-bond acceptors (Lipinski definition) is 4. The van der Waals surface area contributed by atoms with Gasteiger partial charge in [-0.25, -0.2) is 0 Å². The number of ketones is 1. The van der Waals surface area contributed by atoms with E-state index in [1.165, 1.54) is 0 Å². The zero-order chi connectivity index (χ0) is 13.7. The van der Waals surface area contributed by atoms with Crippen LogP contribution in [0, 0.1) is 0 Å². The first-order valence-electron chi connectivity index (χ1n) is 3.77. The van der Waals surface area contributed by atoms with Gasteiger partial charge >= 0.3 is 11.0 Å². The molecule has 10 heteroatoms. The molecule has 0 spiro atoms. The van der Waals surface area contributed by atoms with Crippen LogP contribution in [0.2, 0.25) is 0 Å². The molecule has 2 nitrogen and oxygen atoms in total. The molecule has 0 saturated heterocycles. The molecule has 0 aromatic heterocycles. The van der Waals surface area contributed by atoms with Crippen molar-refractivity contribution in [2.45, 2.75) is 15.6 Å². The monoisotopic (exact) mass is 300 g/mol. The van der Waals surface area contributed by atoms with Crippen LogP contribution >= 0.6 is 23.5 Å². The van der Waals surface area contributed by atoms with E-state index < -0.39 is 44.9 Å². The summed E-state index contributed by atoms with van der Waals surface area (Å²) in [6, 6.07) is 0. The normalized spacial score (nSPS) is 13.4. The first-order valence-corrected chi connectivity index (χ1v) is 5.53. The Morgan fingerprint density at radius 1 is 1.12 bits per heavy atom. The minimum atomic E-state index is -4.93. The quantitative estimate of drug-likeness (QED) is 0.336. The average Bonchev–Trinajstić information content (AvgIpc) is 2.08. The topological polar surface area (TPSA) is 26.3 Å². The summed E-state index contributed by atoms with van der Waals surface area (Å²) in [6.07, 6.45) is 1.23. The van der Waals surface area contributed by atoms with E-state index >= 15 is 0 Å². The van der Waals surface area contributed by atoms with Crippen LogP contribution in [-0.4, -0.2) is 28.5 Å². The molecule has 0 rings (SSSR count). The Hall–Kier alpha value is -0.510. The standard InChI is InChI=1S/C7H6F6O2S2/c1-15-3-2-4(14)5(16-6(8,9)10)17-7(11,12)13/h2-3,5H,1H3/b3-2+. The number of alkyl halides is 6. The number of methoxy groups -OCH3 is 1. The first kappa shape index (κ1) is 16.5. The highest BCUT2D eigenvalue weighted by atomic mass is 32.2. The summed E-state index contributed by atoms with van der Waals surface area (Å²) in [7, 11) is 1.10. The lowest BCUT2D eigenvalue weighted by molar-refractivity contribution is -0.113. The van der Waals surface area contributed by atoms with Crippen LogP contribution in [0.15, 0.2) is 12.3 Å². The maximum absolute atomic E-state index is 11.9. The SMILES string of the molecule is CO/C=C/C(=O)C(SC(F)(F)F)SC(F)(F)F.